The van der Waals surface area contributed by atoms with E-state index in [2.05, 4.69) is 12.1 Å². The van der Waals surface area contributed by atoms with E-state index in [9.17, 15) is 8.22 Å². The predicted octanol–water partition coefficient (Wildman–Crippen LogP) is 25.8. The van der Waals surface area contributed by atoms with E-state index in [1.807, 2.05) is 200 Å². The standard InChI is InChI=1S/C48H30O.C42H26O/c1-3-14-31(15-4-1)35-28-27-34(30-43(35)32-16-5-2-6-17-32)45-37-20-9-11-22-39(37)46(40-23-12-10-21-38(40)45)41-24-13-25-44-47(41)42-29-26-33-18-7-8-19-36(33)48(42)49-44;1-2-13-28(14-3-1)39-33-18-6-8-20-35(33)40(36-21-9-7-19-34(36)39)30-16-10-15-29(26-30)31-22-11-23-38-41(31)37-25-24-27-12-4-5-17-32(27)42(37)43-38/h1-30H;1-26H/i9D,10D,11D,12D,20D,21D,22D,23D;6D,7D,8D,9D,18D,19D,20D,21D. The Balaban J connectivity index is 0.000000153. The molecule has 0 saturated heterocycles. The van der Waals surface area contributed by atoms with Crippen LogP contribution in [0.1, 0.15) is 21.9 Å². The highest BCUT2D eigenvalue weighted by Gasteiger charge is 2.23. The molecule has 0 aliphatic rings. The van der Waals surface area contributed by atoms with Crippen molar-refractivity contribution in [1.82, 2.24) is 0 Å². The Morgan fingerprint density at radius 3 is 1.08 bits per heavy atom. The molecule has 19 aromatic rings. The second-order valence-electron chi connectivity index (χ2n) is 22.8. The molecule has 0 N–H and O–H groups in total. The zero-order valence-corrected chi connectivity index (χ0v) is 48.9. The van der Waals surface area contributed by atoms with Crippen LogP contribution in [0.3, 0.4) is 0 Å². The zero-order valence-electron chi connectivity index (χ0n) is 64.9. The first-order valence-electron chi connectivity index (χ1n) is 38.3. The molecule has 0 radical (unpaired) electrons. The van der Waals surface area contributed by atoms with Gasteiger partial charge in [0.25, 0.3) is 0 Å². The number of hydrogen-bond donors (Lipinski definition) is 0. The molecular formula is C90H56O2. The number of hydrogen-bond acceptors (Lipinski definition) is 2. The largest absolute Gasteiger partial charge is 0.455 e. The second kappa shape index (κ2) is 21.9. The van der Waals surface area contributed by atoms with Gasteiger partial charge < -0.3 is 8.83 Å². The van der Waals surface area contributed by atoms with Crippen LogP contribution in [0, 0.1) is 0 Å². The molecule has 428 valence electrons. The van der Waals surface area contributed by atoms with Gasteiger partial charge in [0.15, 0.2) is 0 Å². The molecular weight excluding hydrogens is 1110 g/mol. The molecule has 17 aromatic carbocycles. The number of benzene rings is 17. The second-order valence-corrected chi connectivity index (χ2v) is 22.8. The molecule has 2 heterocycles. The topological polar surface area (TPSA) is 26.3 Å². The van der Waals surface area contributed by atoms with Crippen molar-refractivity contribution < 1.29 is 30.8 Å². The zero-order chi connectivity index (χ0) is 74.6. The van der Waals surface area contributed by atoms with Gasteiger partial charge in [-0.3, -0.25) is 0 Å². The third kappa shape index (κ3) is 8.64. The van der Waals surface area contributed by atoms with E-state index < -0.39 is 48.3 Å². The van der Waals surface area contributed by atoms with Crippen molar-refractivity contribution in [2.45, 2.75) is 0 Å². The van der Waals surface area contributed by atoms with Crippen LogP contribution in [-0.2, 0) is 0 Å². The normalized spacial score (nSPS) is 14.1. The fourth-order valence-electron chi connectivity index (χ4n) is 13.8. The van der Waals surface area contributed by atoms with Gasteiger partial charge in [-0.05, 0) is 168 Å². The summed E-state index contributed by atoms with van der Waals surface area (Å²) in [6.07, 6.45) is 0. The molecule has 0 amide bonds. The summed E-state index contributed by atoms with van der Waals surface area (Å²) in [6, 6.07) is 71.8. The minimum atomic E-state index is -0.445. The maximum atomic E-state index is 9.53. The van der Waals surface area contributed by atoms with Crippen molar-refractivity contribution in [2.24, 2.45) is 0 Å². The molecule has 2 aromatic heterocycles. The Kier molecular flexibility index (Phi) is 9.28. The Morgan fingerprint density at radius 2 is 0.576 bits per heavy atom. The quantitative estimate of drug-likeness (QED) is 0.149. The lowest BCUT2D eigenvalue weighted by Crippen LogP contribution is -1.92. The summed E-state index contributed by atoms with van der Waals surface area (Å²) in [5.74, 6) is 0. The first-order valence-corrected chi connectivity index (χ1v) is 30.3. The molecule has 0 saturated carbocycles. The van der Waals surface area contributed by atoms with Gasteiger partial charge in [0.1, 0.15) is 22.3 Å². The first kappa shape index (κ1) is 39.0. The van der Waals surface area contributed by atoms with Crippen LogP contribution < -0.4 is 0 Å². The van der Waals surface area contributed by atoms with Crippen LogP contribution in [0.4, 0.5) is 0 Å². The van der Waals surface area contributed by atoms with Gasteiger partial charge in [-0.2, -0.15) is 0 Å². The van der Waals surface area contributed by atoms with E-state index in [1.165, 1.54) is 0 Å². The summed E-state index contributed by atoms with van der Waals surface area (Å²) in [4.78, 5) is 0. The summed E-state index contributed by atoms with van der Waals surface area (Å²) >= 11 is 0. The van der Waals surface area contributed by atoms with E-state index >= 15 is 0 Å². The van der Waals surface area contributed by atoms with Gasteiger partial charge >= 0.3 is 0 Å². The highest BCUT2D eigenvalue weighted by molar-refractivity contribution is 6.28. The van der Waals surface area contributed by atoms with Crippen LogP contribution in [0.15, 0.2) is 348 Å². The summed E-state index contributed by atoms with van der Waals surface area (Å²) < 4.78 is 158. The fourth-order valence-corrected chi connectivity index (χ4v) is 13.8. The van der Waals surface area contributed by atoms with Gasteiger partial charge in [0, 0.05) is 32.3 Å². The average molecular weight is 1190 g/mol. The van der Waals surface area contributed by atoms with Gasteiger partial charge in [0.05, 0.1) is 21.9 Å². The van der Waals surface area contributed by atoms with Crippen molar-refractivity contribution in [1.29, 1.82) is 0 Å². The van der Waals surface area contributed by atoms with Gasteiger partial charge in [0.2, 0.25) is 0 Å². The maximum Gasteiger partial charge on any atom is 0.143 e. The van der Waals surface area contributed by atoms with Crippen LogP contribution in [0.25, 0.3) is 186 Å². The molecule has 0 bridgehead atoms. The van der Waals surface area contributed by atoms with E-state index in [0.717, 1.165) is 82.3 Å². The summed E-state index contributed by atoms with van der Waals surface area (Å²) in [7, 11) is 0. The van der Waals surface area contributed by atoms with Crippen molar-refractivity contribution in [3.05, 3.63) is 339 Å². The van der Waals surface area contributed by atoms with Crippen molar-refractivity contribution in [3.8, 4) is 77.9 Å². The van der Waals surface area contributed by atoms with E-state index in [1.54, 1.807) is 30.3 Å². The van der Waals surface area contributed by atoms with Gasteiger partial charge in [-0.15, -0.1) is 0 Å². The molecule has 92 heavy (non-hydrogen) atoms. The van der Waals surface area contributed by atoms with Gasteiger partial charge in [-0.25, -0.2) is 0 Å². The van der Waals surface area contributed by atoms with E-state index in [4.69, 9.17) is 22.5 Å². The summed E-state index contributed by atoms with van der Waals surface area (Å²) in [5, 5.41) is 8.69. The van der Waals surface area contributed by atoms with E-state index in [0.29, 0.717) is 55.5 Å². The Hall–Kier alpha value is -12.1. The van der Waals surface area contributed by atoms with Crippen molar-refractivity contribution in [3.63, 3.8) is 0 Å². The summed E-state index contributed by atoms with van der Waals surface area (Å²) in [5.41, 5.74) is 11.5. The molecule has 0 unspecified atom stereocenters. The Bertz CT molecular complexity index is 6960. The van der Waals surface area contributed by atoms with Crippen LogP contribution in [-0.4, -0.2) is 0 Å². The van der Waals surface area contributed by atoms with Crippen LogP contribution in [0.5, 0.6) is 0 Å². The third-order valence-electron chi connectivity index (χ3n) is 17.8. The molecule has 19 rings (SSSR count). The Labute approximate surface area is 554 Å². The molecule has 0 fully saturated rings. The van der Waals surface area contributed by atoms with Crippen molar-refractivity contribution >= 4 is 109 Å². The molecule has 0 atom stereocenters. The molecule has 0 aliphatic carbocycles. The third-order valence-corrected chi connectivity index (χ3v) is 17.8. The van der Waals surface area contributed by atoms with Crippen LogP contribution in [0.2, 0.25) is 0 Å². The maximum absolute atomic E-state index is 9.53. The van der Waals surface area contributed by atoms with Crippen molar-refractivity contribution in [2.75, 3.05) is 0 Å². The summed E-state index contributed by atoms with van der Waals surface area (Å²) in [6.45, 7) is 0. The smallest absolute Gasteiger partial charge is 0.143 e. The highest BCUT2D eigenvalue weighted by Crippen LogP contribution is 2.50. The highest BCUT2D eigenvalue weighted by atomic mass is 16.3. The predicted molar refractivity (Wildman–Crippen MR) is 391 cm³/mol. The molecule has 2 nitrogen and oxygen atoms in total. The Morgan fingerprint density at radius 1 is 0.207 bits per heavy atom. The molecule has 2 heteroatoms. The van der Waals surface area contributed by atoms with E-state index in [-0.39, 0.29) is 97.0 Å². The fraction of sp³-hybridized carbons (Fsp3) is 0. The lowest BCUT2D eigenvalue weighted by molar-refractivity contribution is 0.672. The molecule has 0 aliphatic heterocycles. The number of furan rings is 2. The first-order chi connectivity index (χ1) is 52.3. The van der Waals surface area contributed by atoms with Gasteiger partial charge in [-0.1, -0.05) is 303 Å². The van der Waals surface area contributed by atoms with Crippen LogP contribution >= 0.6 is 0 Å². The number of rotatable bonds is 7. The number of fused-ring (bicyclic) bond motifs is 14. The molecule has 0 spiro atoms. The minimum absolute atomic E-state index is 0.157. The minimum Gasteiger partial charge on any atom is -0.455 e. The SMILES string of the molecule is [2H]c1c([2H])c([2H])c2c(-c3cccc(-c4cccc5oc6c7ccccc7ccc6c45)c3)c3c([2H])c([2H])c([2H])c([2H])c3c(-c3ccccc3)c2c1[2H].[2H]c1c([2H])c([2H])c2c(-c3cccc4oc5c6ccccc6ccc5c34)c3c([2H])c([2H])c([2H])c([2H])c3c(-c3ccc(-c4ccccc4)c(-c4ccccc4)c3)c2c1[2H]. The average Bonchev–Trinajstić information content (AvgIpc) is 1.22. The monoisotopic (exact) mass is 1180 g/mol. The lowest BCUT2D eigenvalue weighted by atomic mass is 9.83. The lowest BCUT2D eigenvalue weighted by Gasteiger charge is -2.19.